The molecular weight excluding hydrogens is 356 g/mol. The highest BCUT2D eigenvalue weighted by Crippen LogP contribution is 2.24. The van der Waals surface area contributed by atoms with E-state index in [2.05, 4.69) is 9.50 Å². The molecule has 0 unspecified atom stereocenters. The Morgan fingerprint density at radius 3 is 2.33 bits per heavy atom. The molecule has 24 heavy (non-hydrogen) atoms. The molecule has 1 fully saturated rings. The summed E-state index contributed by atoms with van der Waals surface area (Å²) in [6.07, 6.45) is 3.62. The highest BCUT2D eigenvalue weighted by molar-refractivity contribution is 7.90. The molecule has 1 aromatic carbocycles. The molecule has 0 atom stereocenters. The fraction of sp³-hybridized carbons (Fsp3) is 0.500. The zero-order chi connectivity index (χ0) is 17.8. The summed E-state index contributed by atoms with van der Waals surface area (Å²) in [5, 5.41) is 1.66. The van der Waals surface area contributed by atoms with Gasteiger partial charge in [0.25, 0.3) is 10.1 Å². The number of hydrogen-bond acceptors (Lipinski definition) is 6. The molecule has 0 bridgehead atoms. The Kier molecular flexibility index (Phi) is 5.83. The second-order valence-electron chi connectivity index (χ2n) is 5.48. The molecular formula is C14H20N2O6S2. The summed E-state index contributed by atoms with van der Waals surface area (Å²) in [6.45, 7) is 0. The van der Waals surface area contributed by atoms with Gasteiger partial charge >= 0.3 is 6.03 Å². The fourth-order valence-corrected chi connectivity index (χ4v) is 4.86. The Balaban J connectivity index is 2.13. The first-order valence-corrected chi connectivity index (χ1v) is 10.4. The van der Waals surface area contributed by atoms with Gasteiger partial charge in [-0.3, -0.25) is 4.18 Å². The number of para-hydroxylation sites is 1. The highest BCUT2D eigenvalue weighted by Gasteiger charge is 2.29. The number of benzene rings is 1. The second-order valence-corrected chi connectivity index (χ2v) is 9.12. The number of nitrogens with one attached hydrogen (secondary N) is 2. The van der Waals surface area contributed by atoms with Gasteiger partial charge in [0.15, 0.2) is 0 Å². The van der Waals surface area contributed by atoms with Crippen molar-refractivity contribution in [1.29, 1.82) is 0 Å². The Hall–Kier alpha value is -1.65. The zero-order valence-corrected chi connectivity index (χ0v) is 14.8. The maximum Gasteiger partial charge on any atom is 0.332 e. The van der Waals surface area contributed by atoms with Crippen LogP contribution in [0.2, 0.25) is 0 Å². The Morgan fingerprint density at radius 1 is 1.08 bits per heavy atom. The minimum absolute atomic E-state index is 0.0595. The summed E-state index contributed by atoms with van der Waals surface area (Å²) in [5.41, 5.74) is -0.0595. The van der Waals surface area contributed by atoms with Crippen LogP contribution in [0.4, 0.5) is 10.5 Å². The molecule has 1 aliphatic rings. The van der Waals surface area contributed by atoms with E-state index >= 15 is 0 Å². The number of sulfonamides is 1. The van der Waals surface area contributed by atoms with Crippen LogP contribution < -0.4 is 10.0 Å². The van der Waals surface area contributed by atoms with Gasteiger partial charge in [0, 0.05) is 0 Å². The van der Waals surface area contributed by atoms with Gasteiger partial charge < -0.3 is 5.32 Å². The molecule has 134 valence electrons. The van der Waals surface area contributed by atoms with Gasteiger partial charge in [-0.15, -0.1) is 0 Å². The third-order valence-electron chi connectivity index (χ3n) is 3.85. The van der Waals surface area contributed by atoms with Crippen molar-refractivity contribution in [2.45, 2.75) is 42.2 Å². The topological polar surface area (TPSA) is 119 Å². The van der Waals surface area contributed by atoms with Gasteiger partial charge in [0.2, 0.25) is 10.0 Å². The van der Waals surface area contributed by atoms with E-state index in [0.29, 0.717) is 12.8 Å². The molecule has 0 aliphatic heterocycles. The van der Waals surface area contributed by atoms with Crippen LogP contribution in [0.25, 0.3) is 0 Å². The van der Waals surface area contributed by atoms with Crippen LogP contribution in [0.1, 0.15) is 32.1 Å². The van der Waals surface area contributed by atoms with Gasteiger partial charge in [0.1, 0.15) is 4.90 Å². The molecule has 1 aliphatic carbocycles. The number of hydrogen-bond donors (Lipinski definition) is 2. The van der Waals surface area contributed by atoms with E-state index in [-0.39, 0.29) is 10.6 Å². The lowest BCUT2D eigenvalue weighted by Crippen LogP contribution is -2.41. The minimum atomic E-state index is -4.03. The van der Waals surface area contributed by atoms with Crippen molar-refractivity contribution in [2.24, 2.45) is 0 Å². The van der Waals surface area contributed by atoms with Crippen molar-refractivity contribution in [1.82, 2.24) is 4.72 Å². The maximum atomic E-state index is 12.2. The number of amides is 2. The standard InChI is InChI=1S/C14H20N2O6S2/c1-22-24(20,21)13-10-6-5-9-12(13)15-14(17)16-23(18,19)11-7-3-2-4-8-11/h5-6,9-11H,2-4,7-8H2,1H3,(H2,15,16,17). The summed E-state index contributed by atoms with van der Waals surface area (Å²) in [4.78, 5) is 11.7. The van der Waals surface area contributed by atoms with Crippen molar-refractivity contribution in [2.75, 3.05) is 12.4 Å². The van der Waals surface area contributed by atoms with Crippen LogP contribution in [0, 0.1) is 0 Å². The number of carbonyl (C=O) groups is 1. The molecule has 10 heteroatoms. The van der Waals surface area contributed by atoms with Gasteiger partial charge in [-0.25, -0.2) is 17.9 Å². The predicted molar refractivity (Wildman–Crippen MR) is 88.6 cm³/mol. The van der Waals surface area contributed by atoms with Gasteiger partial charge in [-0.05, 0) is 25.0 Å². The molecule has 2 rings (SSSR count). The number of anilines is 1. The van der Waals surface area contributed by atoms with Crippen molar-refractivity contribution in [3.05, 3.63) is 24.3 Å². The quantitative estimate of drug-likeness (QED) is 0.757. The smallest absolute Gasteiger partial charge is 0.306 e. The molecule has 1 aromatic rings. The number of rotatable bonds is 5. The predicted octanol–water partition coefficient (Wildman–Crippen LogP) is 1.81. The van der Waals surface area contributed by atoms with Crippen molar-refractivity contribution < 1.29 is 25.8 Å². The van der Waals surface area contributed by atoms with Crippen molar-refractivity contribution in [3.63, 3.8) is 0 Å². The lowest BCUT2D eigenvalue weighted by atomic mass is 10.0. The molecule has 0 spiro atoms. The summed E-state index contributed by atoms with van der Waals surface area (Å²) < 4.78 is 54.4. The van der Waals surface area contributed by atoms with Crippen molar-refractivity contribution >= 4 is 31.9 Å². The van der Waals surface area contributed by atoms with Crippen LogP contribution in [0.5, 0.6) is 0 Å². The Bertz CT molecular complexity index is 798. The van der Waals surface area contributed by atoms with E-state index in [9.17, 15) is 21.6 Å². The lowest BCUT2D eigenvalue weighted by molar-refractivity contribution is 0.256. The summed E-state index contributed by atoms with van der Waals surface area (Å²) in [7, 11) is -6.83. The molecule has 1 saturated carbocycles. The van der Waals surface area contributed by atoms with E-state index in [1.54, 1.807) is 0 Å². The third kappa shape index (κ3) is 4.46. The molecule has 0 saturated heterocycles. The summed E-state index contributed by atoms with van der Waals surface area (Å²) in [6, 6.07) is 4.58. The second kappa shape index (κ2) is 7.49. The number of urea groups is 1. The average Bonchev–Trinajstić information content (AvgIpc) is 2.55. The summed E-state index contributed by atoms with van der Waals surface area (Å²) >= 11 is 0. The van der Waals surface area contributed by atoms with E-state index in [0.717, 1.165) is 26.4 Å². The maximum absolute atomic E-state index is 12.2. The third-order valence-corrected chi connectivity index (χ3v) is 7.00. The lowest BCUT2D eigenvalue weighted by Gasteiger charge is -2.22. The van der Waals surface area contributed by atoms with E-state index in [1.165, 1.54) is 24.3 Å². The molecule has 2 amide bonds. The normalized spacial score (nSPS) is 16.5. The van der Waals surface area contributed by atoms with E-state index < -0.39 is 31.4 Å². The van der Waals surface area contributed by atoms with Crippen molar-refractivity contribution in [3.8, 4) is 0 Å². The molecule has 8 nitrogen and oxygen atoms in total. The zero-order valence-electron chi connectivity index (χ0n) is 13.2. The first-order chi connectivity index (χ1) is 11.3. The van der Waals surface area contributed by atoms with Gasteiger partial charge in [0.05, 0.1) is 18.0 Å². The van der Waals surface area contributed by atoms with Crippen LogP contribution in [0.15, 0.2) is 29.2 Å². The Morgan fingerprint density at radius 2 is 1.71 bits per heavy atom. The van der Waals surface area contributed by atoms with Crippen LogP contribution >= 0.6 is 0 Å². The van der Waals surface area contributed by atoms with Gasteiger partial charge in [-0.1, -0.05) is 31.4 Å². The first kappa shape index (κ1) is 18.7. The molecule has 0 aromatic heterocycles. The van der Waals surface area contributed by atoms with E-state index in [4.69, 9.17) is 0 Å². The van der Waals surface area contributed by atoms with Crippen LogP contribution in [-0.2, 0) is 24.3 Å². The molecule has 2 N–H and O–H groups in total. The summed E-state index contributed by atoms with van der Waals surface area (Å²) in [5.74, 6) is 0. The highest BCUT2D eigenvalue weighted by atomic mass is 32.2. The van der Waals surface area contributed by atoms with Crippen LogP contribution in [0.3, 0.4) is 0 Å². The first-order valence-electron chi connectivity index (χ1n) is 7.48. The number of carbonyl (C=O) groups excluding carboxylic acids is 1. The molecule has 0 heterocycles. The average molecular weight is 376 g/mol. The minimum Gasteiger partial charge on any atom is -0.306 e. The SMILES string of the molecule is COS(=O)(=O)c1ccccc1NC(=O)NS(=O)(=O)C1CCCCC1. The fourth-order valence-electron chi connectivity index (χ4n) is 2.61. The monoisotopic (exact) mass is 376 g/mol. The Labute approximate surface area is 141 Å². The van der Waals surface area contributed by atoms with E-state index in [1.807, 2.05) is 4.72 Å². The largest absolute Gasteiger partial charge is 0.332 e. The van der Waals surface area contributed by atoms with Crippen LogP contribution in [-0.4, -0.2) is 35.2 Å². The van der Waals surface area contributed by atoms with Gasteiger partial charge in [-0.2, -0.15) is 8.42 Å². The molecule has 0 radical (unpaired) electrons.